The molecule has 0 aliphatic carbocycles. The second-order valence-electron chi connectivity index (χ2n) is 3.50. The van der Waals surface area contributed by atoms with Crippen molar-refractivity contribution in [2.24, 2.45) is 0 Å². The number of rotatable bonds is 3. The lowest BCUT2D eigenvalue weighted by Crippen LogP contribution is -2.37. The van der Waals surface area contributed by atoms with Gasteiger partial charge in [-0.05, 0) is 12.1 Å². The largest absolute Gasteiger partial charge is 0.481 e. The van der Waals surface area contributed by atoms with Crippen molar-refractivity contribution in [2.45, 2.75) is 12.1 Å². The normalized spacial score (nSPS) is 24.4. The number of hydrogen-bond donors (Lipinski definition) is 2. The van der Waals surface area contributed by atoms with Crippen LogP contribution in [0.15, 0.2) is 30.3 Å². The molecule has 84 valence electrons. The number of Topliss-reactive ketones (excluding diaryl/α,β-unsaturated/α-hetero) is 1. The monoisotopic (exact) mass is 221 g/mol. The third kappa shape index (κ3) is 2.04. The Morgan fingerprint density at radius 2 is 2.06 bits per heavy atom. The van der Waals surface area contributed by atoms with Gasteiger partial charge in [0.1, 0.15) is 5.75 Å². The van der Waals surface area contributed by atoms with E-state index in [0.29, 0.717) is 5.75 Å². The van der Waals surface area contributed by atoms with Crippen LogP contribution in [0.3, 0.4) is 0 Å². The average Bonchev–Trinajstić information content (AvgIpc) is 2.62. The van der Waals surface area contributed by atoms with Gasteiger partial charge in [0, 0.05) is 6.54 Å². The van der Waals surface area contributed by atoms with E-state index in [4.69, 9.17) is 9.84 Å². The van der Waals surface area contributed by atoms with E-state index >= 15 is 0 Å². The first-order valence-electron chi connectivity index (χ1n) is 4.90. The van der Waals surface area contributed by atoms with Crippen LogP contribution >= 0.6 is 0 Å². The van der Waals surface area contributed by atoms with Crippen molar-refractivity contribution in [1.82, 2.24) is 5.32 Å². The summed E-state index contributed by atoms with van der Waals surface area (Å²) in [6.07, 6.45) is -0.719. The van der Waals surface area contributed by atoms with Gasteiger partial charge < -0.3 is 9.84 Å². The van der Waals surface area contributed by atoms with Crippen molar-refractivity contribution in [2.75, 3.05) is 6.54 Å². The first-order chi connectivity index (χ1) is 7.68. The molecule has 1 aliphatic heterocycles. The predicted octanol–water partition coefficient (Wildman–Crippen LogP) is 0.0595. The van der Waals surface area contributed by atoms with Crippen LogP contribution in [0.4, 0.5) is 0 Å². The van der Waals surface area contributed by atoms with E-state index in [1.807, 2.05) is 6.07 Å². The summed E-state index contributed by atoms with van der Waals surface area (Å²) < 4.78 is 5.39. The number of carbonyl (C=O) groups is 2. The molecule has 0 amide bonds. The molecular weight excluding hydrogens is 210 g/mol. The number of aliphatic carboxylic acids is 1. The van der Waals surface area contributed by atoms with E-state index in [2.05, 4.69) is 5.32 Å². The minimum Gasteiger partial charge on any atom is -0.481 e. The van der Waals surface area contributed by atoms with Crippen molar-refractivity contribution >= 4 is 11.8 Å². The number of hydrogen-bond acceptors (Lipinski definition) is 4. The molecular formula is C11H11NO4. The number of nitrogens with one attached hydrogen (secondary N) is 1. The number of benzene rings is 1. The minimum absolute atomic E-state index is 0.227. The van der Waals surface area contributed by atoms with E-state index in [-0.39, 0.29) is 6.54 Å². The van der Waals surface area contributed by atoms with Gasteiger partial charge in [0.2, 0.25) is 5.78 Å². The van der Waals surface area contributed by atoms with Gasteiger partial charge in [0.25, 0.3) is 0 Å². The van der Waals surface area contributed by atoms with Gasteiger partial charge in [-0.15, -0.1) is 0 Å². The van der Waals surface area contributed by atoms with Crippen molar-refractivity contribution < 1.29 is 19.4 Å². The molecule has 1 heterocycles. The zero-order valence-electron chi connectivity index (χ0n) is 8.42. The summed E-state index contributed by atoms with van der Waals surface area (Å²) in [7, 11) is 0. The Bertz CT molecular complexity index is 404. The lowest BCUT2D eigenvalue weighted by molar-refractivity contribution is -0.142. The molecule has 1 aromatic carbocycles. The molecule has 2 N–H and O–H groups in total. The van der Waals surface area contributed by atoms with Crippen LogP contribution in [0, 0.1) is 0 Å². The minimum atomic E-state index is -1.16. The summed E-state index contributed by atoms with van der Waals surface area (Å²) in [6, 6.07) is 7.71. The topological polar surface area (TPSA) is 75.6 Å². The molecule has 0 unspecified atom stereocenters. The van der Waals surface area contributed by atoms with Gasteiger partial charge in [0.15, 0.2) is 12.1 Å². The van der Waals surface area contributed by atoms with Crippen LogP contribution in [-0.2, 0) is 9.59 Å². The maximum atomic E-state index is 11.6. The Kier molecular flexibility index (Phi) is 2.87. The Labute approximate surface area is 92.0 Å². The van der Waals surface area contributed by atoms with Gasteiger partial charge in [0.05, 0.1) is 0 Å². The molecule has 2 atom stereocenters. The summed E-state index contributed by atoms with van der Waals surface area (Å²) in [5, 5.41) is 11.3. The van der Waals surface area contributed by atoms with Gasteiger partial charge >= 0.3 is 5.97 Å². The molecule has 1 saturated heterocycles. The van der Waals surface area contributed by atoms with E-state index in [0.717, 1.165) is 0 Å². The zero-order chi connectivity index (χ0) is 11.5. The highest BCUT2D eigenvalue weighted by molar-refractivity contribution is 6.06. The Balaban J connectivity index is 2.03. The van der Waals surface area contributed by atoms with Gasteiger partial charge in [-0.25, -0.2) is 0 Å². The van der Waals surface area contributed by atoms with E-state index < -0.39 is 23.9 Å². The smallest absolute Gasteiger partial charge is 0.328 e. The number of ether oxygens (including phenoxy) is 1. The number of para-hydroxylation sites is 1. The molecule has 0 radical (unpaired) electrons. The lowest BCUT2D eigenvalue weighted by Gasteiger charge is -2.10. The predicted molar refractivity (Wildman–Crippen MR) is 55.3 cm³/mol. The molecule has 5 heteroatoms. The van der Waals surface area contributed by atoms with Gasteiger partial charge in [-0.1, -0.05) is 18.2 Å². The molecule has 2 rings (SSSR count). The second kappa shape index (κ2) is 4.32. The van der Waals surface area contributed by atoms with E-state index in [1.165, 1.54) is 0 Å². The fraction of sp³-hybridized carbons (Fsp3) is 0.273. The Morgan fingerprint density at radius 3 is 2.62 bits per heavy atom. The third-order valence-corrected chi connectivity index (χ3v) is 2.38. The summed E-state index contributed by atoms with van der Waals surface area (Å²) in [5.41, 5.74) is 0. The number of carbonyl (C=O) groups excluding carboxylic acids is 1. The van der Waals surface area contributed by atoms with Gasteiger partial charge in [-0.2, -0.15) is 0 Å². The third-order valence-electron chi connectivity index (χ3n) is 2.38. The van der Waals surface area contributed by atoms with Crippen molar-refractivity contribution in [1.29, 1.82) is 0 Å². The molecule has 1 aromatic rings. The Morgan fingerprint density at radius 1 is 1.38 bits per heavy atom. The van der Waals surface area contributed by atoms with Crippen molar-refractivity contribution in [3.8, 4) is 5.75 Å². The maximum Gasteiger partial charge on any atom is 0.328 e. The second-order valence-corrected chi connectivity index (χ2v) is 3.50. The first-order valence-corrected chi connectivity index (χ1v) is 4.90. The summed E-state index contributed by atoms with van der Waals surface area (Å²) in [6.45, 7) is 0.227. The number of carboxylic acids is 1. The van der Waals surface area contributed by atoms with E-state index in [9.17, 15) is 9.59 Å². The van der Waals surface area contributed by atoms with Crippen LogP contribution < -0.4 is 10.1 Å². The summed E-state index contributed by atoms with van der Waals surface area (Å²) in [5.74, 6) is -1.03. The maximum absolute atomic E-state index is 11.6. The van der Waals surface area contributed by atoms with Crippen LogP contribution in [-0.4, -0.2) is 35.5 Å². The lowest BCUT2D eigenvalue weighted by atomic mass is 10.2. The summed E-state index contributed by atoms with van der Waals surface area (Å²) in [4.78, 5) is 22.3. The Hall–Kier alpha value is -1.88. The van der Waals surface area contributed by atoms with Crippen LogP contribution in [0.2, 0.25) is 0 Å². The highest BCUT2D eigenvalue weighted by Crippen LogP contribution is 2.14. The highest BCUT2D eigenvalue weighted by Gasteiger charge is 2.39. The standard InChI is InChI=1S/C11H11NO4/c13-10-8(6-12-9(10)11(14)15)16-7-4-2-1-3-5-7/h1-5,8-9,12H,6H2,(H,14,15)/t8-,9-/m0/s1. The van der Waals surface area contributed by atoms with Crippen molar-refractivity contribution in [3.05, 3.63) is 30.3 Å². The fourth-order valence-corrected chi connectivity index (χ4v) is 1.58. The molecule has 0 saturated carbocycles. The molecule has 1 fully saturated rings. The van der Waals surface area contributed by atoms with E-state index in [1.54, 1.807) is 24.3 Å². The first kappa shape index (κ1) is 10.6. The fourth-order valence-electron chi connectivity index (χ4n) is 1.58. The molecule has 5 nitrogen and oxygen atoms in total. The number of carboxylic acid groups (broad SMARTS) is 1. The van der Waals surface area contributed by atoms with Gasteiger partial charge in [-0.3, -0.25) is 14.9 Å². The molecule has 0 bridgehead atoms. The molecule has 16 heavy (non-hydrogen) atoms. The average molecular weight is 221 g/mol. The van der Waals surface area contributed by atoms with Crippen LogP contribution in [0.1, 0.15) is 0 Å². The quantitative estimate of drug-likeness (QED) is 0.706. The van der Waals surface area contributed by atoms with Crippen LogP contribution in [0.5, 0.6) is 5.75 Å². The zero-order valence-corrected chi connectivity index (χ0v) is 8.42. The number of ketones is 1. The summed E-state index contributed by atoms with van der Waals surface area (Å²) >= 11 is 0. The molecule has 1 aliphatic rings. The highest BCUT2D eigenvalue weighted by atomic mass is 16.5. The van der Waals surface area contributed by atoms with Crippen molar-refractivity contribution in [3.63, 3.8) is 0 Å². The SMILES string of the molecule is O=C(O)[C@H]1NC[C@H](Oc2ccccc2)C1=O. The molecule has 0 aromatic heterocycles. The molecule has 0 spiro atoms. The van der Waals surface area contributed by atoms with Crippen LogP contribution in [0.25, 0.3) is 0 Å².